The van der Waals surface area contributed by atoms with Gasteiger partial charge in [-0.3, -0.25) is 4.79 Å². The number of rotatable bonds is 4. The molecule has 0 radical (unpaired) electrons. The molecule has 0 unspecified atom stereocenters. The molecule has 1 N–H and O–H groups in total. The Labute approximate surface area is 95.3 Å². The summed E-state index contributed by atoms with van der Waals surface area (Å²) in [6.45, 7) is 1.67. The second kappa shape index (κ2) is 5.75. The van der Waals surface area contributed by atoms with Crippen molar-refractivity contribution in [2.75, 3.05) is 18.9 Å². The second-order valence-corrected chi connectivity index (χ2v) is 5.69. The van der Waals surface area contributed by atoms with Crippen molar-refractivity contribution < 1.29 is 9.53 Å². The molecule has 2 fully saturated rings. The zero-order valence-corrected chi connectivity index (χ0v) is 9.85. The van der Waals surface area contributed by atoms with Crippen molar-refractivity contribution in [3.05, 3.63) is 0 Å². The maximum Gasteiger partial charge on any atom is 0.222 e. The first-order chi connectivity index (χ1) is 7.34. The van der Waals surface area contributed by atoms with E-state index in [-0.39, 0.29) is 12.0 Å². The number of amides is 1. The molecular weight excluding hydrogens is 210 g/mol. The van der Waals surface area contributed by atoms with Crippen LogP contribution in [0.1, 0.15) is 32.1 Å². The van der Waals surface area contributed by atoms with Crippen molar-refractivity contribution in [1.29, 1.82) is 0 Å². The minimum Gasteiger partial charge on any atom is -0.378 e. The molecule has 0 saturated carbocycles. The van der Waals surface area contributed by atoms with E-state index in [0.717, 1.165) is 26.0 Å². The van der Waals surface area contributed by atoms with Crippen molar-refractivity contribution in [2.45, 2.75) is 43.5 Å². The number of carbonyl (C=O) groups is 1. The van der Waals surface area contributed by atoms with Gasteiger partial charge < -0.3 is 10.1 Å². The van der Waals surface area contributed by atoms with Crippen LogP contribution < -0.4 is 5.32 Å². The van der Waals surface area contributed by atoms with Crippen LogP contribution in [0.15, 0.2) is 0 Å². The topological polar surface area (TPSA) is 38.3 Å². The number of hydrogen-bond acceptors (Lipinski definition) is 3. The third-order valence-corrected chi connectivity index (χ3v) is 4.39. The molecule has 2 aliphatic rings. The maximum absolute atomic E-state index is 11.6. The molecule has 3 nitrogen and oxygen atoms in total. The Kier molecular flexibility index (Phi) is 4.32. The summed E-state index contributed by atoms with van der Waals surface area (Å²) in [4.78, 5) is 11.6. The monoisotopic (exact) mass is 229 g/mol. The van der Waals surface area contributed by atoms with Crippen molar-refractivity contribution in [3.8, 4) is 0 Å². The highest BCUT2D eigenvalue weighted by molar-refractivity contribution is 8.00. The van der Waals surface area contributed by atoms with Crippen LogP contribution in [0.2, 0.25) is 0 Å². The smallest absolute Gasteiger partial charge is 0.222 e. The summed E-state index contributed by atoms with van der Waals surface area (Å²) in [7, 11) is 0. The van der Waals surface area contributed by atoms with Crippen LogP contribution in [0.3, 0.4) is 0 Å². The quantitative estimate of drug-likeness (QED) is 0.795. The largest absolute Gasteiger partial charge is 0.378 e. The molecule has 15 heavy (non-hydrogen) atoms. The summed E-state index contributed by atoms with van der Waals surface area (Å²) in [5, 5.41) is 3.66. The fourth-order valence-electron chi connectivity index (χ4n) is 2.12. The summed E-state index contributed by atoms with van der Waals surface area (Å²) in [6, 6.07) is 0. The Bertz CT molecular complexity index is 211. The average Bonchev–Trinajstić information content (AvgIpc) is 2.86. The van der Waals surface area contributed by atoms with Gasteiger partial charge in [0.1, 0.15) is 0 Å². The van der Waals surface area contributed by atoms with E-state index in [1.165, 1.54) is 18.6 Å². The van der Waals surface area contributed by atoms with E-state index in [4.69, 9.17) is 4.74 Å². The van der Waals surface area contributed by atoms with Gasteiger partial charge in [-0.2, -0.15) is 11.8 Å². The zero-order valence-electron chi connectivity index (χ0n) is 9.04. The standard InChI is InChI=1S/C11H19NO2S/c13-11(7-9-3-1-5-14-9)12-8-10-4-2-6-15-10/h9-10H,1-8H2,(H,12,13)/t9-,10-/m0/s1. The fourth-order valence-corrected chi connectivity index (χ4v) is 3.32. The normalized spacial score (nSPS) is 30.7. The van der Waals surface area contributed by atoms with Gasteiger partial charge in [-0.05, 0) is 31.4 Å². The highest BCUT2D eigenvalue weighted by Gasteiger charge is 2.20. The zero-order chi connectivity index (χ0) is 10.5. The minimum atomic E-state index is 0.161. The number of carbonyl (C=O) groups excluding carboxylic acids is 1. The second-order valence-electron chi connectivity index (χ2n) is 4.28. The molecule has 0 spiro atoms. The first-order valence-electron chi connectivity index (χ1n) is 5.84. The lowest BCUT2D eigenvalue weighted by molar-refractivity contribution is -0.123. The van der Waals surface area contributed by atoms with E-state index >= 15 is 0 Å². The summed E-state index contributed by atoms with van der Waals surface area (Å²) in [5.74, 6) is 1.42. The van der Waals surface area contributed by atoms with Gasteiger partial charge in [-0.1, -0.05) is 0 Å². The molecule has 86 valence electrons. The Morgan fingerprint density at radius 1 is 1.40 bits per heavy atom. The van der Waals surface area contributed by atoms with Crippen LogP contribution in [0, 0.1) is 0 Å². The van der Waals surface area contributed by atoms with Crippen LogP contribution >= 0.6 is 11.8 Å². The molecule has 2 aliphatic heterocycles. The summed E-state index contributed by atoms with van der Waals surface area (Å²) >= 11 is 1.98. The van der Waals surface area contributed by atoms with Crippen molar-refractivity contribution in [1.82, 2.24) is 5.32 Å². The Hall–Kier alpha value is -0.220. The van der Waals surface area contributed by atoms with Gasteiger partial charge in [-0.15, -0.1) is 0 Å². The van der Waals surface area contributed by atoms with Gasteiger partial charge >= 0.3 is 0 Å². The van der Waals surface area contributed by atoms with Gasteiger partial charge in [0.15, 0.2) is 0 Å². The molecule has 0 aliphatic carbocycles. The molecule has 0 aromatic heterocycles. The molecule has 2 atom stereocenters. The lowest BCUT2D eigenvalue weighted by Gasteiger charge is -2.12. The molecular formula is C11H19NO2S. The van der Waals surface area contributed by atoms with Gasteiger partial charge in [0.2, 0.25) is 5.91 Å². The first kappa shape index (κ1) is 11.3. The van der Waals surface area contributed by atoms with Gasteiger partial charge in [-0.25, -0.2) is 0 Å². The number of hydrogen-bond donors (Lipinski definition) is 1. The first-order valence-corrected chi connectivity index (χ1v) is 6.89. The van der Waals surface area contributed by atoms with Crippen LogP contribution in [0.25, 0.3) is 0 Å². The SMILES string of the molecule is O=C(C[C@@H]1CCCO1)NC[C@@H]1CCCS1. The molecule has 1 amide bonds. The Morgan fingerprint density at radius 2 is 2.33 bits per heavy atom. The van der Waals surface area contributed by atoms with E-state index < -0.39 is 0 Å². The van der Waals surface area contributed by atoms with Gasteiger partial charge in [0.25, 0.3) is 0 Å². The van der Waals surface area contributed by atoms with E-state index in [1.807, 2.05) is 11.8 Å². The highest BCUT2D eigenvalue weighted by Crippen LogP contribution is 2.25. The number of thioether (sulfide) groups is 1. The van der Waals surface area contributed by atoms with E-state index in [1.54, 1.807) is 0 Å². The molecule has 2 rings (SSSR count). The maximum atomic E-state index is 11.6. The van der Waals surface area contributed by atoms with Crippen LogP contribution in [-0.2, 0) is 9.53 Å². The molecule has 0 bridgehead atoms. The minimum absolute atomic E-state index is 0.161. The van der Waals surface area contributed by atoms with E-state index in [2.05, 4.69) is 5.32 Å². The number of nitrogens with one attached hydrogen (secondary N) is 1. The van der Waals surface area contributed by atoms with Crippen molar-refractivity contribution in [3.63, 3.8) is 0 Å². The summed E-state index contributed by atoms with van der Waals surface area (Å²) < 4.78 is 5.43. The molecule has 2 heterocycles. The average molecular weight is 229 g/mol. The van der Waals surface area contributed by atoms with Crippen LogP contribution in [0.5, 0.6) is 0 Å². The third-order valence-electron chi connectivity index (χ3n) is 2.99. The van der Waals surface area contributed by atoms with E-state index in [0.29, 0.717) is 11.7 Å². The number of ether oxygens (including phenoxy) is 1. The fraction of sp³-hybridized carbons (Fsp3) is 0.909. The lowest BCUT2D eigenvalue weighted by atomic mass is 10.2. The highest BCUT2D eigenvalue weighted by atomic mass is 32.2. The third kappa shape index (κ3) is 3.68. The van der Waals surface area contributed by atoms with Crippen LogP contribution in [-0.4, -0.2) is 36.2 Å². The summed E-state index contributed by atoms with van der Waals surface area (Å²) in [5.41, 5.74) is 0. The van der Waals surface area contributed by atoms with Crippen molar-refractivity contribution in [2.24, 2.45) is 0 Å². The predicted octanol–water partition coefficient (Wildman–Crippen LogP) is 1.57. The lowest BCUT2D eigenvalue weighted by Crippen LogP contribution is -2.32. The van der Waals surface area contributed by atoms with Gasteiger partial charge in [0.05, 0.1) is 12.5 Å². The van der Waals surface area contributed by atoms with Crippen molar-refractivity contribution >= 4 is 17.7 Å². The molecule has 4 heteroatoms. The molecule has 0 aromatic rings. The van der Waals surface area contributed by atoms with Crippen LogP contribution in [0.4, 0.5) is 0 Å². The van der Waals surface area contributed by atoms with Gasteiger partial charge in [0, 0.05) is 18.4 Å². The summed E-state index contributed by atoms with van der Waals surface area (Å²) in [6.07, 6.45) is 5.45. The molecule has 0 aromatic carbocycles. The predicted molar refractivity (Wildman–Crippen MR) is 62.1 cm³/mol. The molecule has 2 saturated heterocycles. The Morgan fingerprint density at radius 3 is 3.00 bits per heavy atom. The van der Waals surface area contributed by atoms with E-state index in [9.17, 15) is 4.79 Å². The Balaban J connectivity index is 1.59.